The second-order valence-corrected chi connectivity index (χ2v) is 15.4. The maximum absolute atomic E-state index is 11.7. The van der Waals surface area contributed by atoms with Crippen LogP contribution < -0.4 is 15.4 Å². The molecule has 6 nitrogen and oxygen atoms in total. The molecule has 2 atom stereocenters. The fraction of sp³-hybridized carbons (Fsp3) is 0.326. The van der Waals surface area contributed by atoms with E-state index in [2.05, 4.69) is 65.2 Å². The molecule has 2 aliphatic rings. The Balaban J connectivity index is 1.12. The second kappa shape index (κ2) is 17.8. The second-order valence-electron chi connectivity index (χ2n) is 14.6. The first-order valence-corrected chi connectivity index (χ1v) is 19.9. The summed E-state index contributed by atoms with van der Waals surface area (Å²) in [5.41, 5.74) is 10.1. The van der Waals surface area contributed by atoms with Crippen molar-refractivity contribution in [2.75, 3.05) is 13.7 Å². The quantitative estimate of drug-likeness (QED) is 0.111. The van der Waals surface area contributed by atoms with Crippen molar-refractivity contribution in [1.29, 1.82) is 0 Å². The average molecular weight is 761 g/mol. The number of carbonyl (C=O) groups excluding carboxylic acids is 2. The lowest BCUT2D eigenvalue weighted by molar-refractivity contribution is -0.119. The van der Waals surface area contributed by atoms with E-state index in [1.54, 1.807) is 7.11 Å². The molecule has 0 radical (unpaired) electrons. The Morgan fingerprint density at radius 1 is 0.759 bits per heavy atom. The number of carbonyl (C=O) groups is 2. The molecule has 1 saturated carbocycles. The largest absolute Gasteiger partial charge is 0.481 e. The predicted octanol–water partition coefficient (Wildman–Crippen LogP) is 10.2. The van der Waals surface area contributed by atoms with Crippen LogP contribution in [-0.2, 0) is 35.4 Å². The van der Waals surface area contributed by atoms with Gasteiger partial charge in [-0.2, -0.15) is 0 Å². The SMILES string of the molecule is COc1nc(-c2cccc(-c3cccc(-c4ccc(CCC[C@H]5CCC(=O)N5)c(CCc5ccccc5)c4)c3Cl)c2Cl)ccc1CNC[C@H]1CCC(=O)C1. The molecule has 4 aromatic carbocycles. The van der Waals surface area contributed by atoms with E-state index in [1.165, 1.54) is 16.7 Å². The highest BCUT2D eigenvalue weighted by molar-refractivity contribution is 6.39. The molecule has 1 aromatic heterocycles. The topological polar surface area (TPSA) is 80.3 Å². The molecular formula is C46H47Cl2N3O3. The van der Waals surface area contributed by atoms with Crippen molar-refractivity contribution in [3.8, 4) is 39.4 Å². The van der Waals surface area contributed by atoms with E-state index < -0.39 is 0 Å². The number of hydrogen-bond acceptors (Lipinski definition) is 5. The Kier molecular flexibility index (Phi) is 12.4. The summed E-state index contributed by atoms with van der Waals surface area (Å²) in [6, 6.07) is 33.7. The molecule has 5 aromatic rings. The average Bonchev–Trinajstić information content (AvgIpc) is 3.81. The minimum absolute atomic E-state index is 0.172. The molecule has 0 bridgehead atoms. The number of nitrogens with one attached hydrogen (secondary N) is 2. The number of Topliss-reactive ketones (excluding diaryl/α,β-unsaturated/α-hetero) is 1. The Morgan fingerprint density at radius 3 is 2.22 bits per heavy atom. The molecule has 8 heteroatoms. The molecule has 54 heavy (non-hydrogen) atoms. The number of hydrogen-bond donors (Lipinski definition) is 2. The smallest absolute Gasteiger partial charge is 0.220 e. The predicted molar refractivity (Wildman–Crippen MR) is 219 cm³/mol. The zero-order chi connectivity index (χ0) is 37.4. The summed E-state index contributed by atoms with van der Waals surface area (Å²) in [5, 5.41) is 7.81. The van der Waals surface area contributed by atoms with Crippen LogP contribution in [0, 0.1) is 5.92 Å². The van der Waals surface area contributed by atoms with Crippen LogP contribution in [0.25, 0.3) is 33.5 Å². The summed E-state index contributed by atoms with van der Waals surface area (Å²) < 4.78 is 5.71. The molecule has 1 aliphatic carbocycles. The van der Waals surface area contributed by atoms with Crippen LogP contribution in [0.5, 0.6) is 5.88 Å². The Morgan fingerprint density at radius 2 is 1.50 bits per heavy atom. The Hall–Kier alpha value is -4.49. The van der Waals surface area contributed by atoms with Crippen molar-refractivity contribution >= 4 is 34.9 Å². The van der Waals surface area contributed by atoms with Crippen molar-refractivity contribution in [2.45, 2.75) is 76.8 Å². The summed E-state index contributed by atoms with van der Waals surface area (Å²) in [5.74, 6) is 1.47. The van der Waals surface area contributed by atoms with E-state index in [9.17, 15) is 9.59 Å². The number of amides is 1. The van der Waals surface area contributed by atoms with Crippen molar-refractivity contribution < 1.29 is 14.3 Å². The molecule has 1 aliphatic heterocycles. The van der Waals surface area contributed by atoms with E-state index >= 15 is 0 Å². The maximum Gasteiger partial charge on any atom is 0.220 e. The van der Waals surface area contributed by atoms with Gasteiger partial charge in [-0.3, -0.25) is 9.59 Å². The molecule has 0 spiro atoms. The maximum atomic E-state index is 11.7. The number of benzene rings is 4. The van der Waals surface area contributed by atoms with Crippen LogP contribution in [0.15, 0.2) is 97.1 Å². The van der Waals surface area contributed by atoms with E-state index in [4.69, 9.17) is 32.9 Å². The van der Waals surface area contributed by atoms with Gasteiger partial charge in [0.05, 0.1) is 22.8 Å². The molecule has 1 amide bonds. The zero-order valence-corrected chi connectivity index (χ0v) is 32.3. The van der Waals surface area contributed by atoms with Gasteiger partial charge in [0.2, 0.25) is 11.8 Å². The molecule has 7 rings (SSSR count). The van der Waals surface area contributed by atoms with Crippen LogP contribution in [-0.4, -0.2) is 36.4 Å². The summed E-state index contributed by atoms with van der Waals surface area (Å²) >= 11 is 14.5. The van der Waals surface area contributed by atoms with Crippen LogP contribution in [0.4, 0.5) is 0 Å². The fourth-order valence-corrected chi connectivity index (χ4v) is 8.60. The van der Waals surface area contributed by atoms with Crippen molar-refractivity contribution in [3.63, 3.8) is 0 Å². The Bertz CT molecular complexity index is 2120. The van der Waals surface area contributed by atoms with Crippen molar-refractivity contribution in [3.05, 3.63) is 129 Å². The van der Waals surface area contributed by atoms with Crippen LogP contribution in [0.1, 0.15) is 67.2 Å². The lowest BCUT2D eigenvalue weighted by Crippen LogP contribution is -2.25. The van der Waals surface area contributed by atoms with Gasteiger partial charge in [0.1, 0.15) is 5.78 Å². The third-order valence-electron chi connectivity index (χ3n) is 10.9. The molecule has 1 saturated heterocycles. The number of aryl methyl sites for hydroxylation is 3. The van der Waals surface area contributed by atoms with Crippen LogP contribution >= 0.6 is 23.2 Å². The van der Waals surface area contributed by atoms with Gasteiger partial charge < -0.3 is 15.4 Å². The van der Waals surface area contributed by atoms with E-state index in [0.29, 0.717) is 59.1 Å². The number of nitrogens with zero attached hydrogens (tertiary/aromatic N) is 1. The van der Waals surface area contributed by atoms with Crippen molar-refractivity contribution in [2.24, 2.45) is 5.92 Å². The number of pyridine rings is 1. The third kappa shape index (κ3) is 9.06. The molecule has 0 unspecified atom stereocenters. The summed E-state index contributed by atoms with van der Waals surface area (Å²) in [6.07, 6.45) is 8.73. The Labute approximate surface area is 328 Å². The van der Waals surface area contributed by atoms with Gasteiger partial charge in [0.15, 0.2) is 0 Å². The molecule has 2 N–H and O–H groups in total. The first kappa shape index (κ1) is 37.8. The number of ether oxygens (including phenoxy) is 1. The highest BCUT2D eigenvalue weighted by atomic mass is 35.5. The minimum atomic E-state index is 0.172. The van der Waals surface area contributed by atoms with E-state index in [-0.39, 0.29) is 11.9 Å². The summed E-state index contributed by atoms with van der Waals surface area (Å²) in [4.78, 5) is 28.3. The number of aromatic nitrogens is 1. The van der Waals surface area contributed by atoms with E-state index in [0.717, 1.165) is 84.9 Å². The normalized spacial score (nSPS) is 16.9. The van der Waals surface area contributed by atoms with Gasteiger partial charge in [-0.15, -0.1) is 0 Å². The van der Waals surface area contributed by atoms with E-state index in [1.807, 2.05) is 42.5 Å². The molecule has 2 fully saturated rings. The van der Waals surface area contributed by atoms with Gasteiger partial charge in [-0.25, -0.2) is 4.98 Å². The van der Waals surface area contributed by atoms with Gasteiger partial charge in [0, 0.05) is 59.7 Å². The lowest BCUT2D eigenvalue weighted by Gasteiger charge is -2.17. The number of rotatable bonds is 15. The number of halogens is 2. The van der Waals surface area contributed by atoms with Crippen molar-refractivity contribution in [1.82, 2.24) is 15.6 Å². The first-order valence-electron chi connectivity index (χ1n) is 19.2. The zero-order valence-electron chi connectivity index (χ0n) is 30.8. The van der Waals surface area contributed by atoms with Gasteiger partial charge in [-0.05, 0) is 85.7 Å². The van der Waals surface area contributed by atoms with Crippen LogP contribution in [0.2, 0.25) is 10.0 Å². The highest BCUT2D eigenvalue weighted by Gasteiger charge is 2.23. The first-order chi connectivity index (χ1) is 26.4. The third-order valence-corrected chi connectivity index (χ3v) is 11.7. The highest BCUT2D eigenvalue weighted by Crippen LogP contribution is 2.43. The van der Waals surface area contributed by atoms with Gasteiger partial charge >= 0.3 is 0 Å². The fourth-order valence-electron chi connectivity index (χ4n) is 7.93. The standard InChI is InChI=1S/C46H47Cl2N3O3/c1-54-46-35(29-49-28-31-17-23-37(52)26-31)21-24-42(51-46)41-15-7-14-40(45(41)48)39-13-6-12-38(44(39)47)34-20-19-32(10-5-11-36-22-25-43(53)50-36)33(27-34)18-16-30-8-3-2-4-9-30/h2-4,6-9,12-15,19-21,24,27,31,36,49H,5,10-11,16-18,22-23,25-26,28-29H2,1H3,(H,50,53)/t31-,36-/m0/s1. The minimum Gasteiger partial charge on any atom is -0.481 e. The monoisotopic (exact) mass is 759 g/mol. The van der Waals surface area contributed by atoms with Crippen LogP contribution in [0.3, 0.4) is 0 Å². The number of ketones is 1. The molecule has 2 heterocycles. The number of methoxy groups -OCH3 is 1. The van der Waals surface area contributed by atoms with Gasteiger partial charge in [-0.1, -0.05) is 114 Å². The summed E-state index contributed by atoms with van der Waals surface area (Å²) in [6.45, 7) is 1.40. The lowest BCUT2D eigenvalue weighted by atomic mass is 9.91. The molecular weight excluding hydrogens is 713 g/mol. The summed E-state index contributed by atoms with van der Waals surface area (Å²) in [7, 11) is 1.63. The van der Waals surface area contributed by atoms with Gasteiger partial charge in [0.25, 0.3) is 0 Å². The molecule has 278 valence electrons.